The minimum Gasteiger partial charge on any atom is -0.492 e. The maximum absolute atomic E-state index is 13.3. The largest absolute Gasteiger partial charge is 0.492 e. The van der Waals surface area contributed by atoms with Crippen LogP contribution < -0.4 is 15.4 Å². The van der Waals surface area contributed by atoms with Gasteiger partial charge in [-0.15, -0.1) is 0 Å². The van der Waals surface area contributed by atoms with Crippen LogP contribution in [0.15, 0.2) is 48.5 Å². The molecule has 0 spiro atoms. The number of amides is 1. The lowest BCUT2D eigenvalue weighted by Crippen LogP contribution is -2.60. The van der Waals surface area contributed by atoms with E-state index >= 15 is 0 Å². The van der Waals surface area contributed by atoms with Gasteiger partial charge >= 0.3 is 5.97 Å². The molecule has 0 saturated carbocycles. The quantitative estimate of drug-likeness (QED) is 0.440. The van der Waals surface area contributed by atoms with Crippen LogP contribution in [-0.4, -0.2) is 50.9 Å². The van der Waals surface area contributed by atoms with Gasteiger partial charge in [0.25, 0.3) is 0 Å². The van der Waals surface area contributed by atoms with Gasteiger partial charge in [0.1, 0.15) is 17.9 Å². The number of nitrogens with one attached hydrogen (secondary N) is 2. The molecule has 2 N–H and O–H groups in total. The van der Waals surface area contributed by atoms with Crippen molar-refractivity contribution < 1.29 is 23.8 Å². The predicted octanol–water partition coefficient (Wildman–Crippen LogP) is 3.52. The van der Waals surface area contributed by atoms with E-state index in [1.165, 1.54) is 7.11 Å². The van der Waals surface area contributed by atoms with Crippen molar-refractivity contribution in [1.29, 1.82) is 0 Å². The number of carbonyl (C=O) groups excluding carboxylic acids is 2. The first-order chi connectivity index (χ1) is 15.4. The molecular formula is C24H29ClN2O5. The molecule has 32 heavy (non-hydrogen) atoms. The van der Waals surface area contributed by atoms with Crippen molar-refractivity contribution in [2.24, 2.45) is 0 Å². The molecule has 1 atom stereocenters. The number of benzene rings is 2. The number of carbonyl (C=O) groups is 2. The fourth-order valence-electron chi connectivity index (χ4n) is 3.66. The van der Waals surface area contributed by atoms with Crippen molar-refractivity contribution in [3.63, 3.8) is 0 Å². The number of hydrogen-bond donors (Lipinski definition) is 2. The molecular weight excluding hydrogens is 432 g/mol. The van der Waals surface area contributed by atoms with Gasteiger partial charge in [0, 0.05) is 24.8 Å². The summed E-state index contributed by atoms with van der Waals surface area (Å²) in [7, 11) is 1.35. The first kappa shape index (κ1) is 24.0. The Bertz CT molecular complexity index is 913. The Kier molecular flexibility index (Phi) is 8.50. The van der Waals surface area contributed by atoms with Crippen molar-refractivity contribution in [2.75, 3.05) is 33.5 Å². The molecule has 0 radical (unpaired) electrons. The van der Waals surface area contributed by atoms with Crippen LogP contribution in [0.2, 0.25) is 5.02 Å². The van der Waals surface area contributed by atoms with E-state index in [1.807, 2.05) is 31.2 Å². The standard InChI is InChI=1S/C24H29ClN2O5/c1-17(18-6-8-19(9-7-18)22(28)30-2)27-23(29)24(10-13-31-14-11-24)26-12-15-32-21-5-3-4-20(25)16-21/h3-9,16-17,26H,10-15H2,1-2H3,(H,27,29). The van der Waals surface area contributed by atoms with E-state index in [1.54, 1.807) is 24.3 Å². The summed E-state index contributed by atoms with van der Waals surface area (Å²) in [6.07, 6.45) is 1.15. The Labute approximate surface area is 193 Å². The molecule has 1 heterocycles. The summed E-state index contributed by atoms with van der Waals surface area (Å²) in [5.41, 5.74) is 0.644. The molecule has 1 aliphatic heterocycles. The van der Waals surface area contributed by atoms with Crippen LogP contribution >= 0.6 is 11.6 Å². The fraction of sp³-hybridized carbons (Fsp3) is 0.417. The molecule has 172 valence electrons. The molecule has 1 aliphatic rings. The summed E-state index contributed by atoms with van der Waals surface area (Å²) >= 11 is 5.99. The topological polar surface area (TPSA) is 85.9 Å². The number of rotatable bonds is 9. The van der Waals surface area contributed by atoms with Gasteiger partial charge in [0.05, 0.1) is 18.7 Å². The summed E-state index contributed by atoms with van der Waals surface area (Å²) in [6.45, 7) is 3.85. The number of ether oxygens (including phenoxy) is 3. The van der Waals surface area contributed by atoms with Crippen LogP contribution in [0, 0.1) is 0 Å². The van der Waals surface area contributed by atoms with E-state index < -0.39 is 11.5 Å². The summed E-state index contributed by atoms with van der Waals surface area (Å²) < 4.78 is 16.0. The Balaban J connectivity index is 1.59. The molecule has 0 aliphatic carbocycles. The predicted molar refractivity (Wildman–Crippen MR) is 122 cm³/mol. The second-order valence-electron chi connectivity index (χ2n) is 7.74. The lowest BCUT2D eigenvalue weighted by Gasteiger charge is -2.37. The van der Waals surface area contributed by atoms with Crippen molar-refractivity contribution >= 4 is 23.5 Å². The lowest BCUT2D eigenvalue weighted by atomic mass is 9.88. The van der Waals surface area contributed by atoms with E-state index in [9.17, 15) is 9.59 Å². The maximum atomic E-state index is 13.3. The van der Waals surface area contributed by atoms with Gasteiger partial charge in [-0.2, -0.15) is 0 Å². The second kappa shape index (κ2) is 11.3. The third kappa shape index (κ3) is 6.22. The average molecular weight is 461 g/mol. The second-order valence-corrected chi connectivity index (χ2v) is 8.17. The minimum absolute atomic E-state index is 0.0758. The molecule has 8 heteroatoms. The van der Waals surface area contributed by atoms with Gasteiger partial charge < -0.3 is 19.5 Å². The van der Waals surface area contributed by atoms with Gasteiger partial charge in [0.2, 0.25) is 5.91 Å². The molecule has 0 aromatic heterocycles. The zero-order valence-electron chi connectivity index (χ0n) is 18.4. The van der Waals surface area contributed by atoms with Crippen molar-refractivity contribution in [3.05, 3.63) is 64.7 Å². The maximum Gasteiger partial charge on any atom is 0.337 e. The number of methoxy groups -OCH3 is 1. The first-order valence-electron chi connectivity index (χ1n) is 10.6. The molecule has 0 bridgehead atoms. The van der Waals surface area contributed by atoms with Crippen LogP contribution in [0.3, 0.4) is 0 Å². The average Bonchev–Trinajstić information content (AvgIpc) is 2.82. The van der Waals surface area contributed by atoms with E-state index in [-0.39, 0.29) is 11.9 Å². The highest BCUT2D eigenvalue weighted by atomic mass is 35.5. The van der Waals surface area contributed by atoms with Gasteiger partial charge in [-0.3, -0.25) is 10.1 Å². The van der Waals surface area contributed by atoms with Crippen molar-refractivity contribution in [3.8, 4) is 5.75 Å². The summed E-state index contributed by atoms with van der Waals surface area (Å²) in [5.74, 6) is 0.223. The number of hydrogen-bond acceptors (Lipinski definition) is 6. The smallest absolute Gasteiger partial charge is 0.337 e. The van der Waals surface area contributed by atoms with Gasteiger partial charge in [-0.25, -0.2) is 4.79 Å². The number of esters is 1. The third-order valence-electron chi connectivity index (χ3n) is 5.59. The highest BCUT2D eigenvalue weighted by Gasteiger charge is 2.40. The van der Waals surface area contributed by atoms with E-state index in [2.05, 4.69) is 10.6 Å². The monoisotopic (exact) mass is 460 g/mol. The van der Waals surface area contributed by atoms with E-state index in [4.69, 9.17) is 25.8 Å². The highest BCUT2D eigenvalue weighted by molar-refractivity contribution is 6.30. The molecule has 2 aromatic rings. The van der Waals surface area contributed by atoms with E-state index in [0.29, 0.717) is 55.5 Å². The molecule has 3 rings (SSSR count). The zero-order valence-corrected chi connectivity index (χ0v) is 19.1. The Morgan fingerprint density at radius 3 is 2.53 bits per heavy atom. The number of halogens is 1. The normalized spacial score (nSPS) is 16.1. The van der Waals surface area contributed by atoms with Crippen LogP contribution in [0.1, 0.15) is 41.7 Å². The Morgan fingerprint density at radius 1 is 1.16 bits per heavy atom. The molecule has 7 nitrogen and oxygen atoms in total. The van der Waals surface area contributed by atoms with Crippen LogP contribution in [0.4, 0.5) is 0 Å². The third-order valence-corrected chi connectivity index (χ3v) is 5.83. The summed E-state index contributed by atoms with van der Waals surface area (Å²) in [4.78, 5) is 24.9. The van der Waals surface area contributed by atoms with Crippen LogP contribution in [0.5, 0.6) is 5.75 Å². The SMILES string of the molecule is COC(=O)c1ccc(C(C)NC(=O)C2(NCCOc3cccc(Cl)c3)CCOCC2)cc1. The zero-order chi connectivity index (χ0) is 23.0. The fourth-order valence-corrected chi connectivity index (χ4v) is 3.84. The molecule has 1 unspecified atom stereocenters. The van der Waals surface area contributed by atoms with Crippen molar-refractivity contribution in [2.45, 2.75) is 31.3 Å². The van der Waals surface area contributed by atoms with Gasteiger partial charge in [-0.1, -0.05) is 29.8 Å². The molecule has 1 fully saturated rings. The van der Waals surface area contributed by atoms with Gasteiger partial charge in [0.15, 0.2) is 0 Å². The Morgan fingerprint density at radius 2 is 1.88 bits per heavy atom. The van der Waals surface area contributed by atoms with E-state index in [0.717, 1.165) is 5.56 Å². The Hall–Kier alpha value is -2.61. The first-order valence-corrected chi connectivity index (χ1v) is 11.0. The van der Waals surface area contributed by atoms with Crippen molar-refractivity contribution in [1.82, 2.24) is 10.6 Å². The highest BCUT2D eigenvalue weighted by Crippen LogP contribution is 2.23. The molecule has 1 saturated heterocycles. The molecule has 2 aromatic carbocycles. The summed E-state index contributed by atoms with van der Waals surface area (Å²) in [5, 5.41) is 7.12. The molecule has 1 amide bonds. The minimum atomic E-state index is -0.726. The van der Waals surface area contributed by atoms with Gasteiger partial charge in [-0.05, 0) is 55.7 Å². The summed E-state index contributed by atoms with van der Waals surface area (Å²) in [6, 6.07) is 14.0. The van der Waals surface area contributed by atoms with Crippen LogP contribution in [-0.2, 0) is 14.3 Å². The van der Waals surface area contributed by atoms with Crippen LogP contribution in [0.25, 0.3) is 0 Å². The lowest BCUT2D eigenvalue weighted by molar-refractivity contribution is -0.132.